The van der Waals surface area contributed by atoms with E-state index in [9.17, 15) is 14.4 Å². The zero-order valence-corrected chi connectivity index (χ0v) is 24.4. The molecule has 2 amide bonds. The molecule has 1 saturated carbocycles. The molecule has 1 fully saturated rings. The lowest BCUT2D eigenvalue weighted by Crippen LogP contribution is -2.45. The van der Waals surface area contributed by atoms with Crippen molar-refractivity contribution in [3.63, 3.8) is 0 Å². The maximum absolute atomic E-state index is 14.0. The highest BCUT2D eigenvalue weighted by atomic mass is 16.5. The minimum Gasteiger partial charge on any atom is -0.494 e. The number of carboxylic acid groups (broad SMARTS) is 1. The van der Waals surface area contributed by atoms with Gasteiger partial charge in [-0.1, -0.05) is 39.0 Å². The van der Waals surface area contributed by atoms with Crippen molar-refractivity contribution in [1.82, 2.24) is 10.2 Å². The van der Waals surface area contributed by atoms with Crippen molar-refractivity contribution in [1.29, 1.82) is 0 Å². The van der Waals surface area contributed by atoms with Gasteiger partial charge in [-0.05, 0) is 97.7 Å². The number of aliphatic carboxylic acids is 1. The van der Waals surface area contributed by atoms with Gasteiger partial charge < -0.3 is 20.1 Å². The monoisotopic (exact) mass is 548 g/mol. The lowest BCUT2D eigenvalue weighted by molar-refractivity contribution is -0.138. The molecule has 0 saturated heterocycles. The number of rotatable bonds is 10. The van der Waals surface area contributed by atoms with Crippen LogP contribution in [-0.4, -0.2) is 47.0 Å². The first-order chi connectivity index (χ1) is 19.1. The summed E-state index contributed by atoms with van der Waals surface area (Å²) in [6.07, 6.45) is 6.14. The second-order valence-electron chi connectivity index (χ2n) is 12.3. The van der Waals surface area contributed by atoms with Crippen LogP contribution in [0.15, 0.2) is 42.5 Å². The molecule has 40 heavy (non-hydrogen) atoms. The van der Waals surface area contributed by atoms with Crippen LogP contribution in [0.3, 0.4) is 0 Å². The molecule has 0 radical (unpaired) electrons. The second kappa shape index (κ2) is 12.9. The first-order valence-electron chi connectivity index (χ1n) is 14.7. The van der Waals surface area contributed by atoms with Crippen LogP contribution in [0.25, 0.3) is 0 Å². The van der Waals surface area contributed by atoms with Gasteiger partial charge in [0.05, 0.1) is 25.5 Å². The van der Waals surface area contributed by atoms with Crippen molar-refractivity contribution in [2.75, 3.05) is 13.2 Å². The Morgan fingerprint density at radius 3 is 2.33 bits per heavy atom. The Labute approximate surface area is 238 Å². The molecular weight excluding hydrogens is 504 g/mol. The van der Waals surface area contributed by atoms with Gasteiger partial charge in [0.2, 0.25) is 5.91 Å². The molecule has 1 atom stereocenters. The fourth-order valence-electron chi connectivity index (χ4n) is 6.40. The highest BCUT2D eigenvalue weighted by molar-refractivity contribution is 5.94. The molecular formula is C33H44N2O5. The van der Waals surface area contributed by atoms with Crippen molar-refractivity contribution >= 4 is 17.8 Å². The van der Waals surface area contributed by atoms with Crippen LogP contribution in [0, 0.1) is 11.3 Å². The molecule has 216 valence electrons. The zero-order chi connectivity index (χ0) is 28.9. The molecule has 0 aliphatic heterocycles. The Morgan fingerprint density at radius 2 is 1.70 bits per heavy atom. The van der Waals surface area contributed by atoms with E-state index in [-0.39, 0.29) is 42.3 Å². The maximum atomic E-state index is 14.0. The second-order valence-corrected chi connectivity index (χ2v) is 12.3. The Balaban J connectivity index is 1.54. The maximum Gasteiger partial charge on any atom is 0.305 e. The van der Waals surface area contributed by atoms with Gasteiger partial charge in [0.25, 0.3) is 5.91 Å². The third-order valence-electron chi connectivity index (χ3n) is 8.60. The molecule has 2 aliphatic carbocycles. The fraction of sp³-hybridized carbons (Fsp3) is 0.545. The standard InChI is InChI=1S/C33H44N2O5/c1-5-40-27-14-6-22(7-15-27)20-30(36)35(26-12-10-25(11-13-26)33(2,3)4)29-17-9-23-21-24(8-16-28(23)29)32(39)34-19-18-31(37)38/h6-8,14-16,21,25-26,29H,5,9-13,17-20H2,1-4H3,(H,34,39)(H,37,38). The van der Waals surface area contributed by atoms with E-state index in [1.165, 1.54) is 0 Å². The molecule has 2 aliphatic rings. The van der Waals surface area contributed by atoms with E-state index >= 15 is 0 Å². The van der Waals surface area contributed by atoms with Gasteiger partial charge in [-0.25, -0.2) is 0 Å². The zero-order valence-electron chi connectivity index (χ0n) is 24.4. The van der Waals surface area contributed by atoms with Crippen LogP contribution in [0.5, 0.6) is 5.75 Å². The van der Waals surface area contributed by atoms with Crippen LogP contribution in [0.4, 0.5) is 0 Å². The number of hydrogen-bond acceptors (Lipinski definition) is 4. The van der Waals surface area contributed by atoms with Crippen molar-refractivity contribution in [2.45, 2.75) is 91.1 Å². The van der Waals surface area contributed by atoms with Crippen LogP contribution >= 0.6 is 0 Å². The summed E-state index contributed by atoms with van der Waals surface area (Å²) < 4.78 is 5.57. The summed E-state index contributed by atoms with van der Waals surface area (Å²) in [5.74, 6) is 0.408. The molecule has 2 aromatic carbocycles. The molecule has 0 bridgehead atoms. The predicted molar refractivity (Wildman–Crippen MR) is 155 cm³/mol. The smallest absolute Gasteiger partial charge is 0.305 e. The summed E-state index contributed by atoms with van der Waals surface area (Å²) in [6, 6.07) is 13.7. The highest BCUT2D eigenvalue weighted by Gasteiger charge is 2.39. The third-order valence-corrected chi connectivity index (χ3v) is 8.60. The molecule has 1 unspecified atom stereocenters. The van der Waals surface area contributed by atoms with E-state index in [2.05, 4.69) is 31.0 Å². The number of carbonyl (C=O) groups excluding carboxylic acids is 2. The number of carbonyl (C=O) groups is 3. The van der Waals surface area contributed by atoms with Crippen LogP contribution in [0.1, 0.15) is 99.3 Å². The number of benzene rings is 2. The summed E-state index contributed by atoms with van der Waals surface area (Å²) >= 11 is 0. The first-order valence-corrected chi connectivity index (χ1v) is 14.7. The summed E-state index contributed by atoms with van der Waals surface area (Å²) in [5, 5.41) is 11.5. The molecule has 7 heteroatoms. The number of aryl methyl sites for hydroxylation is 1. The number of nitrogens with zero attached hydrogens (tertiary/aromatic N) is 1. The average molecular weight is 549 g/mol. The quantitative estimate of drug-likeness (QED) is 0.382. The molecule has 0 heterocycles. The Hall–Kier alpha value is -3.35. The highest BCUT2D eigenvalue weighted by Crippen LogP contribution is 2.44. The number of nitrogens with one attached hydrogen (secondary N) is 1. The van der Waals surface area contributed by atoms with E-state index in [0.29, 0.717) is 24.5 Å². The molecule has 4 rings (SSSR count). The van der Waals surface area contributed by atoms with Gasteiger partial charge in [-0.2, -0.15) is 0 Å². The van der Waals surface area contributed by atoms with Crippen molar-refractivity contribution < 1.29 is 24.2 Å². The molecule has 2 N–H and O–H groups in total. The molecule has 2 aromatic rings. The van der Waals surface area contributed by atoms with Gasteiger partial charge in [-0.15, -0.1) is 0 Å². The minimum absolute atomic E-state index is 0.00879. The third kappa shape index (κ3) is 7.23. The number of amides is 2. The first kappa shape index (κ1) is 29.6. The van der Waals surface area contributed by atoms with Crippen LogP contribution in [-0.2, 0) is 22.4 Å². The normalized spacial score (nSPS) is 20.4. The number of carboxylic acids is 1. The largest absolute Gasteiger partial charge is 0.494 e. The van der Waals surface area contributed by atoms with Gasteiger partial charge >= 0.3 is 5.97 Å². The number of hydrogen-bond donors (Lipinski definition) is 2. The minimum atomic E-state index is -0.941. The lowest BCUT2D eigenvalue weighted by atomic mass is 9.71. The van der Waals surface area contributed by atoms with E-state index in [1.807, 2.05) is 43.3 Å². The molecule has 0 spiro atoms. The van der Waals surface area contributed by atoms with E-state index in [4.69, 9.17) is 9.84 Å². The Bertz CT molecular complexity index is 1190. The average Bonchev–Trinajstić information content (AvgIpc) is 3.32. The van der Waals surface area contributed by atoms with Gasteiger partial charge in [0.15, 0.2) is 0 Å². The summed E-state index contributed by atoms with van der Waals surface area (Å²) in [5.41, 5.74) is 4.00. The summed E-state index contributed by atoms with van der Waals surface area (Å²) in [7, 11) is 0. The Kier molecular flexibility index (Phi) is 9.54. The summed E-state index contributed by atoms with van der Waals surface area (Å²) in [4.78, 5) is 39.6. The molecule has 0 aromatic heterocycles. The van der Waals surface area contributed by atoms with Crippen LogP contribution in [0.2, 0.25) is 0 Å². The van der Waals surface area contributed by atoms with Crippen molar-refractivity contribution in [3.8, 4) is 5.75 Å². The summed E-state index contributed by atoms with van der Waals surface area (Å²) in [6.45, 7) is 9.60. The van der Waals surface area contributed by atoms with E-state index in [0.717, 1.165) is 61.0 Å². The lowest BCUT2D eigenvalue weighted by Gasteiger charge is -2.43. The Morgan fingerprint density at radius 1 is 1.00 bits per heavy atom. The SMILES string of the molecule is CCOc1ccc(CC(=O)N(C2CCC(C(C)(C)C)CC2)C2CCc3cc(C(=O)NCCC(=O)O)ccc32)cc1. The number of fused-ring (bicyclic) bond motifs is 1. The topological polar surface area (TPSA) is 95.9 Å². The van der Waals surface area contributed by atoms with E-state index in [1.54, 1.807) is 6.07 Å². The predicted octanol–water partition coefficient (Wildman–Crippen LogP) is 5.95. The van der Waals surface area contributed by atoms with E-state index < -0.39 is 5.97 Å². The number of ether oxygens (including phenoxy) is 1. The molecule has 7 nitrogen and oxygen atoms in total. The van der Waals surface area contributed by atoms with Gasteiger partial charge in [-0.3, -0.25) is 14.4 Å². The van der Waals surface area contributed by atoms with Crippen molar-refractivity contribution in [3.05, 3.63) is 64.7 Å². The van der Waals surface area contributed by atoms with Gasteiger partial charge in [0, 0.05) is 18.2 Å². The fourth-order valence-corrected chi connectivity index (χ4v) is 6.40. The van der Waals surface area contributed by atoms with Crippen LogP contribution < -0.4 is 10.1 Å². The van der Waals surface area contributed by atoms with Gasteiger partial charge in [0.1, 0.15) is 5.75 Å². The van der Waals surface area contributed by atoms with Crippen molar-refractivity contribution in [2.24, 2.45) is 11.3 Å².